The summed E-state index contributed by atoms with van der Waals surface area (Å²) in [5.41, 5.74) is 0.705. The SMILES string of the molecule is Cc1cc([N+](=O)[O-])cnc1N1CCOC(CN(C)CC(=O)O)C1. The number of aryl methyl sites for hydroxylation is 1. The molecule has 2 rings (SSSR count). The number of carboxylic acids is 1. The second-order valence-electron chi connectivity index (χ2n) is 5.62. The van der Waals surface area contributed by atoms with Gasteiger partial charge in [0.15, 0.2) is 0 Å². The first-order valence-electron chi connectivity index (χ1n) is 7.24. The van der Waals surface area contributed by atoms with Gasteiger partial charge in [0.2, 0.25) is 0 Å². The summed E-state index contributed by atoms with van der Waals surface area (Å²) in [5, 5.41) is 19.6. The van der Waals surface area contributed by atoms with E-state index in [-0.39, 0.29) is 18.3 Å². The van der Waals surface area contributed by atoms with Crippen LogP contribution in [-0.2, 0) is 9.53 Å². The molecule has 23 heavy (non-hydrogen) atoms. The second-order valence-corrected chi connectivity index (χ2v) is 5.62. The molecular weight excluding hydrogens is 304 g/mol. The topological polar surface area (TPSA) is 109 Å². The zero-order valence-corrected chi connectivity index (χ0v) is 13.1. The maximum Gasteiger partial charge on any atom is 0.317 e. The Kier molecular flexibility index (Phi) is 5.45. The van der Waals surface area contributed by atoms with E-state index in [0.29, 0.717) is 32.1 Å². The number of carbonyl (C=O) groups is 1. The number of hydrogen-bond donors (Lipinski definition) is 1. The number of aromatic nitrogens is 1. The third kappa shape index (κ3) is 4.60. The fourth-order valence-electron chi connectivity index (χ4n) is 2.65. The summed E-state index contributed by atoms with van der Waals surface area (Å²) < 4.78 is 5.67. The van der Waals surface area contributed by atoms with Gasteiger partial charge in [-0.25, -0.2) is 4.98 Å². The average Bonchev–Trinajstić information content (AvgIpc) is 2.46. The number of morpholine rings is 1. The Morgan fingerprint density at radius 2 is 2.39 bits per heavy atom. The van der Waals surface area contributed by atoms with E-state index in [1.165, 1.54) is 12.3 Å². The Hall–Kier alpha value is -2.26. The minimum atomic E-state index is -0.881. The van der Waals surface area contributed by atoms with Gasteiger partial charge in [-0.1, -0.05) is 0 Å². The number of nitro groups is 1. The van der Waals surface area contributed by atoms with Crippen LogP contribution in [0.4, 0.5) is 11.5 Å². The number of carboxylic acid groups (broad SMARTS) is 1. The van der Waals surface area contributed by atoms with E-state index in [9.17, 15) is 14.9 Å². The van der Waals surface area contributed by atoms with Gasteiger partial charge < -0.3 is 14.7 Å². The van der Waals surface area contributed by atoms with E-state index in [4.69, 9.17) is 9.84 Å². The van der Waals surface area contributed by atoms with Crippen LogP contribution in [0.25, 0.3) is 0 Å². The van der Waals surface area contributed by atoms with E-state index < -0.39 is 10.9 Å². The number of aliphatic carboxylic acids is 1. The largest absolute Gasteiger partial charge is 0.480 e. The third-order valence-corrected chi connectivity index (χ3v) is 3.61. The first-order chi connectivity index (χ1) is 10.9. The summed E-state index contributed by atoms with van der Waals surface area (Å²) in [6, 6.07) is 1.50. The van der Waals surface area contributed by atoms with Gasteiger partial charge in [0.05, 0.1) is 24.2 Å². The van der Waals surface area contributed by atoms with Crippen molar-refractivity contribution in [2.24, 2.45) is 0 Å². The highest BCUT2D eigenvalue weighted by atomic mass is 16.6. The Labute approximate surface area is 133 Å². The van der Waals surface area contributed by atoms with Crippen LogP contribution in [0.15, 0.2) is 12.3 Å². The van der Waals surface area contributed by atoms with E-state index in [2.05, 4.69) is 4.98 Å². The normalized spacial score (nSPS) is 18.2. The molecule has 126 valence electrons. The van der Waals surface area contributed by atoms with Gasteiger partial charge in [-0.3, -0.25) is 19.8 Å². The zero-order valence-electron chi connectivity index (χ0n) is 13.1. The maximum absolute atomic E-state index is 10.8. The lowest BCUT2D eigenvalue weighted by molar-refractivity contribution is -0.385. The highest BCUT2D eigenvalue weighted by Gasteiger charge is 2.25. The van der Waals surface area contributed by atoms with E-state index in [0.717, 1.165) is 5.56 Å². The van der Waals surface area contributed by atoms with Crippen LogP contribution in [-0.4, -0.2) is 71.8 Å². The maximum atomic E-state index is 10.8. The van der Waals surface area contributed by atoms with Crippen LogP contribution in [0.2, 0.25) is 0 Å². The molecule has 9 heteroatoms. The van der Waals surface area contributed by atoms with E-state index in [1.807, 2.05) is 4.90 Å². The van der Waals surface area contributed by atoms with Crippen molar-refractivity contribution in [2.75, 3.05) is 44.7 Å². The fourth-order valence-corrected chi connectivity index (χ4v) is 2.65. The van der Waals surface area contributed by atoms with Crippen molar-refractivity contribution >= 4 is 17.5 Å². The van der Waals surface area contributed by atoms with Gasteiger partial charge in [-0.2, -0.15) is 0 Å². The van der Waals surface area contributed by atoms with Crippen LogP contribution in [0.1, 0.15) is 5.56 Å². The molecule has 1 aliphatic rings. The van der Waals surface area contributed by atoms with Crippen LogP contribution < -0.4 is 4.90 Å². The molecule has 2 heterocycles. The molecule has 1 saturated heterocycles. The molecule has 9 nitrogen and oxygen atoms in total. The lowest BCUT2D eigenvalue weighted by Crippen LogP contribution is -2.48. The Bertz CT molecular complexity index is 595. The van der Waals surface area contributed by atoms with Crippen molar-refractivity contribution < 1.29 is 19.6 Å². The molecule has 0 saturated carbocycles. The van der Waals surface area contributed by atoms with Crippen molar-refractivity contribution in [1.29, 1.82) is 0 Å². The van der Waals surface area contributed by atoms with Crippen LogP contribution in [0.5, 0.6) is 0 Å². The van der Waals surface area contributed by atoms with Gasteiger partial charge in [0.1, 0.15) is 12.0 Å². The van der Waals surface area contributed by atoms with Crippen molar-refractivity contribution in [3.05, 3.63) is 27.9 Å². The number of hydrogen-bond acceptors (Lipinski definition) is 7. The molecule has 1 aromatic rings. The standard InChI is InChI=1S/C14H20N4O5/c1-10-5-11(18(21)22)6-15-14(10)17-3-4-23-12(8-17)7-16(2)9-13(19)20/h5-6,12H,3-4,7-9H2,1-2H3,(H,19,20). The van der Waals surface area contributed by atoms with E-state index >= 15 is 0 Å². The Balaban J connectivity index is 2.03. The van der Waals surface area contributed by atoms with Crippen molar-refractivity contribution in [3.8, 4) is 0 Å². The van der Waals surface area contributed by atoms with Crippen LogP contribution in [0.3, 0.4) is 0 Å². The first-order valence-corrected chi connectivity index (χ1v) is 7.24. The summed E-state index contributed by atoms with van der Waals surface area (Å²) in [6.45, 7) is 3.95. The fraction of sp³-hybridized carbons (Fsp3) is 0.571. The first kappa shape index (κ1) is 17.1. The van der Waals surface area contributed by atoms with Gasteiger partial charge in [-0.05, 0) is 19.5 Å². The Morgan fingerprint density at radius 1 is 1.65 bits per heavy atom. The summed E-state index contributed by atoms with van der Waals surface area (Å²) in [6.07, 6.45) is 1.12. The molecule has 0 bridgehead atoms. The third-order valence-electron chi connectivity index (χ3n) is 3.61. The number of likely N-dealkylation sites (N-methyl/N-ethyl adjacent to an activating group) is 1. The number of rotatable bonds is 6. The summed E-state index contributed by atoms with van der Waals surface area (Å²) >= 11 is 0. The molecule has 0 aliphatic carbocycles. The number of ether oxygens (including phenoxy) is 1. The number of nitrogens with zero attached hydrogens (tertiary/aromatic N) is 4. The molecule has 1 aliphatic heterocycles. The quantitative estimate of drug-likeness (QED) is 0.596. The lowest BCUT2D eigenvalue weighted by Gasteiger charge is -2.35. The minimum absolute atomic E-state index is 0.0303. The van der Waals surface area contributed by atoms with Crippen LogP contribution >= 0.6 is 0 Å². The average molecular weight is 324 g/mol. The van der Waals surface area contributed by atoms with E-state index in [1.54, 1.807) is 18.9 Å². The molecule has 1 unspecified atom stereocenters. The second kappa shape index (κ2) is 7.34. The predicted octanol–water partition coefficient (Wildman–Crippen LogP) is 0.520. The highest BCUT2D eigenvalue weighted by molar-refractivity contribution is 5.69. The molecular formula is C14H20N4O5. The van der Waals surface area contributed by atoms with Crippen LogP contribution in [0, 0.1) is 17.0 Å². The smallest absolute Gasteiger partial charge is 0.317 e. The molecule has 1 fully saturated rings. The molecule has 1 atom stereocenters. The van der Waals surface area contributed by atoms with Gasteiger partial charge in [0, 0.05) is 25.7 Å². The van der Waals surface area contributed by atoms with Crippen molar-refractivity contribution in [3.63, 3.8) is 0 Å². The van der Waals surface area contributed by atoms with Gasteiger partial charge in [-0.15, -0.1) is 0 Å². The highest BCUT2D eigenvalue weighted by Crippen LogP contribution is 2.23. The zero-order chi connectivity index (χ0) is 17.0. The lowest BCUT2D eigenvalue weighted by atomic mass is 10.2. The molecule has 1 aromatic heterocycles. The predicted molar refractivity (Wildman–Crippen MR) is 82.7 cm³/mol. The molecule has 0 spiro atoms. The van der Waals surface area contributed by atoms with Gasteiger partial charge >= 0.3 is 5.97 Å². The van der Waals surface area contributed by atoms with Crippen molar-refractivity contribution in [1.82, 2.24) is 9.88 Å². The summed E-state index contributed by atoms with van der Waals surface area (Å²) in [5.74, 6) is -0.183. The Morgan fingerprint density at radius 3 is 3.00 bits per heavy atom. The van der Waals surface area contributed by atoms with Gasteiger partial charge in [0.25, 0.3) is 5.69 Å². The molecule has 0 radical (unpaired) electrons. The molecule has 0 aromatic carbocycles. The minimum Gasteiger partial charge on any atom is -0.480 e. The monoisotopic (exact) mass is 324 g/mol. The summed E-state index contributed by atoms with van der Waals surface area (Å²) in [4.78, 5) is 28.9. The molecule has 1 N–H and O–H groups in total. The van der Waals surface area contributed by atoms with Crippen molar-refractivity contribution in [2.45, 2.75) is 13.0 Å². The summed E-state index contributed by atoms with van der Waals surface area (Å²) in [7, 11) is 1.73. The number of pyridine rings is 1. The number of anilines is 1. The molecule has 0 amide bonds.